The molecule has 154 valence electrons. The van der Waals surface area contributed by atoms with E-state index in [1.165, 1.54) is 31.2 Å². The summed E-state index contributed by atoms with van der Waals surface area (Å²) in [6, 6.07) is 8.74. The molecule has 6 nitrogen and oxygen atoms in total. The number of nitrogens with zero attached hydrogens (tertiary/aromatic N) is 2. The SMILES string of the molecule is CCC(=O)N1CCC(NC(=NC)NCC2(c3cccc(OC)c3)CCCC2)C1. The Kier molecular flexibility index (Phi) is 6.81. The van der Waals surface area contributed by atoms with Gasteiger partial charge in [-0.05, 0) is 37.0 Å². The van der Waals surface area contributed by atoms with E-state index in [1.807, 2.05) is 24.9 Å². The number of hydrogen-bond acceptors (Lipinski definition) is 3. The molecule has 3 rings (SSSR count). The summed E-state index contributed by atoms with van der Waals surface area (Å²) < 4.78 is 5.44. The first-order valence-corrected chi connectivity index (χ1v) is 10.5. The lowest BCUT2D eigenvalue weighted by Crippen LogP contribution is -2.48. The van der Waals surface area contributed by atoms with Crippen LogP contribution in [0.3, 0.4) is 0 Å². The highest BCUT2D eigenvalue weighted by molar-refractivity contribution is 5.80. The highest BCUT2D eigenvalue weighted by Crippen LogP contribution is 2.41. The minimum Gasteiger partial charge on any atom is -0.497 e. The van der Waals surface area contributed by atoms with E-state index in [0.29, 0.717) is 6.42 Å². The fourth-order valence-corrected chi connectivity index (χ4v) is 4.54. The van der Waals surface area contributed by atoms with Gasteiger partial charge in [0.15, 0.2) is 5.96 Å². The topological polar surface area (TPSA) is 66.0 Å². The second-order valence-corrected chi connectivity index (χ2v) is 7.97. The average molecular weight is 387 g/mol. The lowest BCUT2D eigenvalue weighted by molar-refractivity contribution is -0.129. The first kappa shape index (κ1) is 20.5. The summed E-state index contributed by atoms with van der Waals surface area (Å²) in [5.74, 6) is 1.97. The van der Waals surface area contributed by atoms with Crippen molar-refractivity contribution in [2.24, 2.45) is 4.99 Å². The monoisotopic (exact) mass is 386 g/mol. The van der Waals surface area contributed by atoms with Crippen LogP contribution in [0.25, 0.3) is 0 Å². The maximum Gasteiger partial charge on any atom is 0.222 e. The molecular weight excluding hydrogens is 352 g/mol. The highest BCUT2D eigenvalue weighted by atomic mass is 16.5. The molecule has 2 aliphatic rings. The van der Waals surface area contributed by atoms with Crippen molar-refractivity contribution in [3.8, 4) is 5.75 Å². The zero-order chi connectivity index (χ0) is 20.0. The molecule has 1 aromatic rings. The number of rotatable bonds is 6. The Morgan fingerprint density at radius 2 is 2.14 bits per heavy atom. The number of carbonyl (C=O) groups excluding carboxylic acids is 1. The number of hydrogen-bond donors (Lipinski definition) is 2. The molecule has 6 heteroatoms. The van der Waals surface area contributed by atoms with Crippen LogP contribution in [0.15, 0.2) is 29.3 Å². The summed E-state index contributed by atoms with van der Waals surface area (Å²) in [7, 11) is 3.53. The minimum atomic E-state index is 0.117. The molecule has 1 aliphatic carbocycles. The molecule has 1 atom stereocenters. The predicted octanol–water partition coefficient (Wildman–Crippen LogP) is 2.68. The van der Waals surface area contributed by atoms with Gasteiger partial charge in [0.2, 0.25) is 5.91 Å². The molecule has 1 amide bonds. The molecule has 2 fully saturated rings. The van der Waals surface area contributed by atoms with Gasteiger partial charge < -0.3 is 20.3 Å². The van der Waals surface area contributed by atoms with Crippen molar-refractivity contribution in [3.63, 3.8) is 0 Å². The van der Waals surface area contributed by atoms with Crippen molar-refractivity contribution >= 4 is 11.9 Å². The van der Waals surface area contributed by atoms with Crippen LogP contribution < -0.4 is 15.4 Å². The fourth-order valence-electron chi connectivity index (χ4n) is 4.54. The van der Waals surface area contributed by atoms with Crippen LogP contribution >= 0.6 is 0 Å². The van der Waals surface area contributed by atoms with E-state index in [1.54, 1.807) is 7.11 Å². The van der Waals surface area contributed by atoms with Gasteiger partial charge in [0, 0.05) is 44.6 Å². The molecule has 0 aromatic heterocycles. The number of ether oxygens (including phenoxy) is 1. The highest BCUT2D eigenvalue weighted by Gasteiger charge is 2.36. The lowest BCUT2D eigenvalue weighted by atomic mass is 9.78. The molecule has 1 saturated heterocycles. The van der Waals surface area contributed by atoms with Gasteiger partial charge in [0.25, 0.3) is 0 Å². The van der Waals surface area contributed by atoms with Crippen LogP contribution in [0.2, 0.25) is 0 Å². The molecule has 1 saturated carbocycles. The summed E-state index contributed by atoms with van der Waals surface area (Å²) in [5.41, 5.74) is 1.46. The second kappa shape index (κ2) is 9.30. The van der Waals surface area contributed by atoms with E-state index in [-0.39, 0.29) is 17.4 Å². The molecule has 1 aliphatic heterocycles. The van der Waals surface area contributed by atoms with E-state index in [0.717, 1.165) is 37.8 Å². The van der Waals surface area contributed by atoms with Crippen LogP contribution in [-0.4, -0.2) is 56.6 Å². The van der Waals surface area contributed by atoms with Gasteiger partial charge in [0.1, 0.15) is 5.75 Å². The average Bonchev–Trinajstić information content (AvgIpc) is 3.41. The quantitative estimate of drug-likeness (QED) is 0.583. The first-order valence-electron chi connectivity index (χ1n) is 10.5. The number of nitrogens with one attached hydrogen (secondary N) is 2. The number of guanidine groups is 1. The fraction of sp³-hybridized carbons (Fsp3) is 0.636. The largest absolute Gasteiger partial charge is 0.497 e. The third-order valence-electron chi connectivity index (χ3n) is 6.24. The van der Waals surface area contributed by atoms with Gasteiger partial charge in [-0.3, -0.25) is 9.79 Å². The van der Waals surface area contributed by atoms with Crippen LogP contribution in [0.4, 0.5) is 0 Å². The maximum atomic E-state index is 11.9. The van der Waals surface area contributed by atoms with Gasteiger partial charge in [-0.1, -0.05) is 31.9 Å². The van der Waals surface area contributed by atoms with E-state index < -0.39 is 0 Å². The second-order valence-electron chi connectivity index (χ2n) is 7.97. The van der Waals surface area contributed by atoms with Crippen LogP contribution in [-0.2, 0) is 10.2 Å². The number of amides is 1. The van der Waals surface area contributed by atoms with Crippen molar-refractivity contribution in [1.29, 1.82) is 0 Å². The Morgan fingerprint density at radius 3 is 2.82 bits per heavy atom. The van der Waals surface area contributed by atoms with Crippen molar-refractivity contribution in [3.05, 3.63) is 29.8 Å². The lowest BCUT2D eigenvalue weighted by Gasteiger charge is -2.31. The van der Waals surface area contributed by atoms with E-state index in [2.05, 4.69) is 33.8 Å². The van der Waals surface area contributed by atoms with Gasteiger partial charge in [-0.2, -0.15) is 0 Å². The standard InChI is InChI=1S/C22H34N4O2/c1-4-20(27)26-13-10-18(15-26)25-21(23-2)24-16-22(11-5-6-12-22)17-8-7-9-19(14-17)28-3/h7-9,14,18H,4-6,10-13,15-16H2,1-3H3,(H2,23,24,25). The third-order valence-corrected chi connectivity index (χ3v) is 6.24. The van der Waals surface area contributed by atoms with Crippen molar-refractivity contribution in [2.45, 2.75) is 56.9 Å². The number of carbonyl (C=O) groups is 1. The number of benzene rings is 1. The molecular formula is C22H34N4O2. The van der Waals surface area contributed by atoms with E-state index in [9.17, 15) is 4.79 Å². The molecule has 1 unspecified atom stereocenters. The molecule has 0 spiro atoms. The molecule has 28 heavy (non-hydrogen) atoms. The predicted molar refractivity (Wildman–Crippen MR) is 113 cm³/mol. The summed E-state index contributed by atoms with van der Waals surface area (Å²) in [6.07, 6.45) is 6.39. The molecule has 0 bridgehead atoms. The smallest absolute Gasteiger partial charge is 0.222 e. The van der Waals surface area contributed by atoms with E-state index in [4.69, 9.17) is 4.74 Å². The number of methoxy groups -OCH3 is 1. The minimum absolute atomic E-state index is 0.117. The van der Waals surface area contributed by atoms with Crippen molar-refractivity contribution in [1.82, 2.24) is 15.5 Å². The first-order chi connectivity index (χ1) is 13.6. The van der Waals surface area contributed by atoms with Gasteiger partial charge in [0.05, 0.1) is 7.11 Å². The van der Waals surface area contributed by atoms with Gasteiger partial charge in [-0.25, -0.2) is 0 Å². The third kappa shape index (κ3) is 4.59. The van der Waals surface area contributed by atoms with Crippen LogP contribution in [0.1, 0.15) is 51.0 Å². The summed E-state index contributed by atoms with van der Waals surface area (Å²) in [5, 5.41) is 7.08. The number of aliphatic imine (C=N–C) groups is 1. The molecule has 0 radical (unpaired) electrons. The van der Waals surface area contributed by atoms with Crippen molar-refractivity contribution in [2.75, 3.05) is 33.8 Å². The van der Waals surface area contributed by atoms with Crippen molar-refractivity contribution < 1.29 is 9.53 Å². The Balaban J connectivity index is 1.62. The summed E-state index contributed by atoms with van der Waals surface area (Å²) in [6.45, 7) is 4.36. The van der Waals surface area contributed by atoms with Gasteiger partial charge in [-0.15, -0.1) is 0 Å². The Bertz CT molecular complexity index is 698. The Morgan fingerprint density at radius 1 is 1.36 bits per heavy atom. The van der Waals surface area contributed by atoms with Gasteiger partial charge >= 0.3 is 0 Å². The normalized spacial score (nSPS) is 21.6. The Labute approximate surface area is 168 Å². The zero-order valence-electron chi connectivity index (χ0n) is 17.5. The van der Waals surface area contributed by atoms with Crippen LogP contribution in [0, 0.1) is 0 Å². The summed E-state index contributed by atoms with van der Waals surface area (Å²) >= 11 is 0. The molecule has 2 N–H and O–H groups in total. The van der Waals surface area contributed by atoms with E-state index >= 15 is 0 Å². The molecule has 1 aromatic carbocycles. The van der Waals surface area contributed by atoms with Crippen LogP contribution in [0.5, 0.6) is 5.75 Å². The zero-order valence-corrected chi connectivity index (χ0v) is 17.5. The maximum absolute atomic E-state index is 11.9. The Hall–Kier alpha value is -2.24. The molecule has 1 heterocycles. The number of likely N-dealkylation sites (tertiary alicyclic amines) is 1. The summed E-state index contributed by atoms with van der Waals surface area (Å²) in [4.78, 5) is 18.3.